The van der Waals surface area contributed by atoms with Crippen molar-refractivity contribution in [3.05, 3.63) is 28.8 Å². The molecule has 1 aliphatic heterocycles. The van der Waals surface area contributed by atoms with Crippen LogP contribution < -0.4 is 10.5 Å². The van der Waals surface area contributed by atoms with Crippen molar-refractivity contribution in [2.45, 2.75) is 32.8 Å². The molecule has 22 heavy (non-hydrogen) atoms. The first-order valence-corrected chi connectivity index (χ1v) is 7.81. The highest BCUT2D eigenvalue weighted by molar-refractivity contribution is 6.31. The number of primary amides is 1. The summed E-state index contributed by atoms with van der Waals surface area (Å²) in [5, 5.41) is 0.492. The molecular formula is C16H21ClN2O3. The third-order valence-electron chi connectivity index (χ3n) is 3.72. The molecule has 0 atom stereocenters. The molecule has 0 aliphatic carbocycles. The van der Waals surface area contributed by atoms with Crippen molar-refractivity contribution in [1.82, 2.24) is 4.90 Å². The minimum absolute atomic E-state index is 0.0340. The van der Waals surface area contributed by atoms with E-state index in [0.29, 0.717) is 42.3 Å². The molecule has 2 amide bonds. The number of carbonyl (C=O) groups is 2. The number of hydrogen-bond acceptors (Lipinski definition) is 3. The molecule has 1 fully saturated rings. The molecule has 0 aromatic heterocycles. The number of nitrogens with two attached hydrogens (primary N) is 1. The largest absolute Gasteiger partial charge is 0.490 e. The summed E-state index contributed by atoms with van der Waals surface area (Å²) in [6, 6.07) is 5.04. The van der Waals surface area contributed by atoms with E-state index in [0.717, 1.165) is 0 Å². The van der Waals surface area contributed by atoms with Crippen molar-refractivity contribution in [2.75, 3.05) is 13.1 Å². The number of piperidine rings is 1. The number of rotatable bonds is 4. The number of hydrogen-bond donors (Lipinski definition) is 1. The molecule has 0 bridgehead atoms. The van der Waals surface area contributed by atoms with Gasteiger partial charge < -0.3 is 15.4 Å². The van der Waals surface area contributed by atoms with Crippen LogP contribution in [0.25, 0.3) is 0 Å². The highest BCUT2D eigenvalue weighted by Crippen LogP contribution is 2.27. The van der Waals surface area contributed by atoms with Crippen molar-refractivity contribution < 1.29 is 14.3 Å². The highest BCUT2D eigenvalue weighted by atomic mass is 35.5. The van der Waals surface area contributed by atoms with Crippen molar-refractivity contribution in [1.29, 1.82) is 0 Å². The molecule has 5 nitrogen and oxygen atoms in total. The van der Waals surface area contributed by atoms with E-state index in [1.165, 1.54) is 0 Å². The summed E-state index contributed by atoms with van der Waals surface area (Å²) in [7, 11) is 0. The number of benzene rings is 1. The topological polar surface area (TPSA) is 72.6 Å². The number of halogens is 1. The number of carbonyl (C=O) groups excluding carboxylic acids is 2. The lowest BCUT2D eigenvalue weighted by atomic mass is 9.96. The fourth-order valence-corrected chi connectivity index (χ4v) is 2.74. The third-order valence-corrected chi connectivity index (χ3v) is 3.95. The van der Waals surface area contributed by atoms with Gasteiger partial charge in [-0.15, -0.1) is 0 Å². The van der Waals surface area contributed by atoms with Crippen LogP contribution in [0.5, 0.6) is 5.75 Å². The van der Waals surface area contributed by atoms with Crippen LogP contribution in [-0.4, -0.2) is 35.9 Å². The predicted molar refractivity (Wildman–Crippen MR) is 85.0 cm³/mol. The summed E-state index contributed by atoms with van der Waals surface area (Å²) in [4.78, 5) is 25.6. The molecule has 1 aliphatic rings. The molecule has 120 valence electrons. The fourth-order valence-electron chi connectivity index (χ4n) is 2.56. The lowest BCUT2D eigenvalue weighted by molar-refractivity contribution is -0.123. The Morgan fingerprint density at radius 1 is 1.32 bits per heavy atom. The second-order valence-corrected chi connectivity index (χ2v) is 6.21. The summed E-state index contributed by atoms with van der Waals surface area (Å²) in [6.45, 7) is 4.84. The lowest BCUT2D eigenvalue weighted by Crippen LogP contribution is -2.41. The number of ether oxygens (including phenoxy) is 1. The van der Waals surface area contributed by atoms with E-state index in [9.17, 15) is 9.59 Å². The van der Waals surface area contributed by atoms with Crippen LogP contribution in [0.2, 0.25) is 5.02 Å². The molecule has 1 heterocycles. The summed E-state index contributed by atoms with van der Waals surface area (Å²) in [5.41, 5.74) is 5.78. The van der Waals surface area contributed by atoms with Crippen molar-refractivity contribution in [3.63, 3.8) is 0 Å². The summed E-state index contributed by atoms with van der Waals surface area (Å²) in [5.74, 6) is -0.0315. The Bertz CT molecular complexity index is 567. The van der Waals surface area contributed by atoms with Gasteiger partial charge in [0.05, 0.1) is 11.7 Å². The van der Waals surface area contributed by atoms with Gasteiger partial charge in [0.2, 0.25) is 5.91 Å². The number of amides is 2. The van der Waals surface area contributed by atoms with Crippen LogP contribution in [0.3, 0.4) is 0 Å². The second-order valence-electron chi connectivity index (χ2n) is 5.78. The molecule has 1 aromatic rings. The van der Waals surface area contributed by atoms with Gasteiger partial charge in [0.1, 0.15) is 5.75 Å². The molecular weight excluding hydrogens is 304 g/mol. The Morgan fingerprint density at radius 2 is 1.95 bits per heavy atom. The Balaban J connectivity index is 2.15. The molecule has 0 radical (unpaired) electrons. The SMILES string of the molecule is CC(C)Oc1ccc(Cl)cc1C(=O)N1CCC(C(N)=O)CC1. The van der Waals surface area contributed by atoms with E-state index < -0.39 is 0 Å². The van der Waals surface area contributed by atoms with Gasteiger partial charge in [0, 0.05) is 24.0 Å². The number of nitrogens with zero attached hydrogens (tertiary/aromatic N) is 1. The van der Waals surface area contributed by atoms with Crippen LogP contribution in [0.4, 0.5) is 0 Å². The quantitative estimate of drug-likeness (QED) is 0.924. The van der Waals surface area contributed by atoms with Gasteiger partial charge in [-0.3, -0.25) is 9.59 Å². The van der Waals surface area contributed by atoms with Gasteiger partial charge in [-0.2, -0.15) is 0 Å². The zero-order valence-electron chi connectivity index (χ0n) is 12.8. The third kappa shape index (κ3) is 3.91. The van der Waals surface area contributed by atoms with Gasteiger partial charge in [-0.25, -0.2) is 0 Å². The highest BCUT2D eigenvalue weighted by Gasteiger charge is 2.28. The van der Waals surface area contributed by atoms with Gasteiger partial charge in [0.25, 0.3) is 5.91 Å². The first-order chi connectivity index (χ1) is 10.4. The van der Waals surface area contributed by atoms with Crippen molar-refractivity contribution >= 4 is 23.4 Å². The minimum atomic E-state index is -0.293. The van der Waals surface area contributed by atoms with Crippen LogP contribution in [0.1, 0.15) is 37.0 Å². The van der Waals surface area contributed by atoms with Crippen LogP contribution in [0.15, 0.2) is 18.2 Å². The second kappa shape index (κ2) is 7.01. The van der Waals surface area contributed by atoms with E-state index in [2.05, 4.69) is 0 Å². The molecule has 2 N–H and O–H groups in total. The van der Waals surface area contributed by atoms with Crippen molar-refractivity contribution in [2.24, 2.45) is 11.7 Å². The normalized spacial score (nSPS) is 15.9. The molecule has 6 heteroatoms. The van der Waals surface area contributed by atoms with Crippen molar-refractivity contribution in [3.8, 4) is 5.75 Å². The van der Waals surface area contributed by atoms with E-state index in [-0.39, 0.29) is 23.8 Å². The Morgan fingerprint density at radius 3 is 2.50 bits per heavy atom. The first kappa shape index (κ1) is 16.6. The Kier molecular flexibility index (Phi) is 5.29. The van der Waals surface area contributed by atoms with E-state index in [1.54, 1.807) is 23.1 Å². The molecule has 1 saturated heterocycles. The van der Waals surface area contributed by atoms with Gasteiger partial charge in [-0.05, 0) is 44.9 Å². The first-order valence-electron chi connectivity index (χ1n) is 7.43. The Hall–Kier alpha value is -1.75. The predicted octanol–water partition coefficient (Wildman–Crippen LogP) is 2.46. The maximum Gasteiger partial charge on any atom is 0.257 e. The van der Waals surface area contributed by atoms with Gasteiger partial charge in [0.15, 0.2) is 0 Å². The maximum atomic E-state index is 12.7. The average molecular weight is 325 g/mol. The average Bonchev–Trinajstić information content (AvgIpc) is 2.48. The zero-order valence-corrected chi connectivity index (χ0v) is 13.6. The van der Waals surface area contributed by atoms with E-state index in [1.807, 2.05) is 13.8 Å². The van der Waals surface area contributed by atoms with Crippen LogP contribution in [-0.2, 0) is 4.79 Å². The van der Waals surface area contributed by atoms with Gasteiger partial charge in [-0.1, -0.05) is 11.6 Å². The minimum Gasteiger partial charge on any atom is -0.490 e. The monoisotopic (exact) mass is 324 g/mol. The van der Waals surface area contributed by atoms with Gasteiger partial charge >= 0.3 is 0 Å². The summed E-state index contributed by atoms with van der Waals surface area (Å²) < 4.78 is 5.69. The van der Waals surface area contributed by atoms with Crippen LogP contribution in [0, 0.1) is 5.92 Å². The maximum absolute atomic E-state index is 12.7. The molecule has 0 saturated carbocycles. The number of likely N-dealkylation sites (tertiary alicyclic amines) is 1. The summed E-state index contributed by atoms with van der Waals surface area (Å²) in [6.07, 6.45) is 1.16. The standard InChI is InChI=1S/C16H21ClN2O3/c1-10(2)22-14-4-3-12(17)9-13(14)16(21)19-7-5-11(6-8-19)15(18)20/h3-4,9-11H,5-8H2,1-2H3,(H2,18,20). The molecule has 2 rings (SSSR count). The lowest BCUT2D eigenvalue weighted by Gasteiger charge is -2.31. The molecule has 0 spiro atoms. The zero-order chi connectivity index (χ0) is 16.3. The molecule has 0 unspecified atom stereocenters. The van der Waals surface area contributed by atoms with E-state index in [4.69, 9.17) is 22.1 Å². The summed E-state index contributed by atoms with van der Waals surface area (Å²) >= 11 is 6.01. The fraction of sp³-hybridized carbons (Fsp3) is 0.500. The Labute approximate surface area is 135 Å². The van der Waals surface area contributed by atoms with Crippen LogP contribution >= 0.6 is 11.6 Å². The molecule has 1 aromatic carbocycles. The van der Waals surface area contributed by atoms with E-state index >= 15 is 0 Å². The smallest absolute Gasteiger partial charge is 0.257 e.